The van der Waals surface area contributed by atoms with E-state index in [1.54, 1.807) is 60.7 Å². The van der Waals surface area contributed by atoms with Crippen LogP contribution in [0.2, 0.25) is 0 Å². The van der Waals surface area contributed by atoms with Crippen LogP contribution in [0.1, 0.15) is 15.9 Å². The third-order valence-electron chi connectivity index (χ3n) is 4.71. The van der Waals surface area contributed by atoms with E-state index in [4.69, 9.17) is 0 Å². The van der Waals surface area contributed by atoms with Crippen LogP contribution < -0.4 is 4.84 Å². The summed E-state index contributed by atoms with van der Waals surface area (Å²) in [5.41, 5.74) is 3.13. The van der Waals surface area contributed by atoms with E-state index in [2.05, 4.69) is 9.82 Å². The van der Waals surface area contributed by atoms with Gasteiger partial charge in [-0.2, -0.15) is 4.73 Å². The van der Waals surface area contributed by atoms with Gasteiger partial charge in [0.25, 0.3) is 0 Å². The lowest BCUT2D eigenvalue weighted by molar-refractivity contribution is -0.320. The minimum atomic E-state index is -4.90. The summed E-state index contributed by atoms with van der Waals surface area (Å²) in [7, 11) is 0. The second-order valence-electron chi connectivity index (χ2n) is 6.36. The first-order valence-electron chi connectivity index (χ1n) is 8.45. The van der Waals surface area contributed by atoms with Gasteiger partial charge in [0, 0.05) is 22.3 Å². The van der Waals surface area contributed by atoms with Gasteiger partial charge >= 0.3 is 6.36 Å². The van der Waals surface area contributed by atoms with Gasteiger partial charge in [-0.3, -0.25) is 4.79 Å². The fraction of sp³-hybridized carbons (Fsp3) is 0.0476. The van der Waals surface area contributed by atoms with E-state index in [1.807, 2.05) is 0 Å². The van der Waals surface area contributed by atoms with E-state index in [1.165, 1.54) is 6.07 Å². The standard InChI is InChI=1S/C21H11F3N2O2/c22-21(23,24)28-26-17-11-4-3-10-16(17)25-20(26)15-9-5-8-14-18(15)12-6-1-2-7-13(12)19(14)27/h1-11H. The number of para-hydroxylation sites is 2. The van der Waals surface area contributed by atoms with Crippen LogP contribution in [0.25, 0.3) is 33.5 Å². The van der Waals surface area contributed by atoms with Gasteiger partial charge < -0.3 is 4.84 Å². The second kappa shape index (κ2) is 5.69. The third-order valence-corrected chi connectivity index (χ3v) is 4.71. The lowest BCUT2D eigenvalue weighted by atomic mass is 9.99. The van der Waals surface area contributed by atoms with Crippen LogP contribution in [-0.2, 0) is 0 Å². The van der Waals surface area contributed by atoms with E-state index >= 15 is 0 Å². The molecular weight excluding hydrogens is 369 g/mol. The zero-order chi connectivity index (χ0) is 19.5. The van der Waals surface area contributed by atoms with Gasteiger partial charge in [0.2, 0.25) is 0 Å². The summed E-state index contributed by atoms with van der Waals surface area (Å²) in [5, 5.41) is 0. The maximum Gasteiger partial charge on any atom is 0.591 e. The molecule has 0 unspecified atom stereocenters. The van der Waals surface area contributed by atoms with Crippen molar-refractivity contribution in [2.75, 3.05) is 0 Å². The minimum absolute atomic E-state index is 0.0140. The third kappa shape index (κ3) is 2.40. The number of nitrogens with zero attached hydrogens (tertiary/aromatic N) is 2. The molecule has 0 saturated carbocycles. The number of fused-ring (bicyclic) bond motifs is 4. The maximum absolute atomic E-state index is 13.1. The first kappa shape index (κ1) is 16.6. The molecule has 138 valence electrons. The number of ketones is 1. The van der Waals surface area contributed by atoms with Crippen LogP contribution in [0, 0.1) is 0 Å². The first-order chi connectivity index (χ1) is 13.4. The smallest absolute Gasteiger partial charge is 0.311 e. The Morgan fingerprint density at radius 1 is 0.786 bits per heavy atom. The van der Waals surface area contributed by atoms with Crippen LogP contribution in [0.4, 0.5) is 13.2 Å². The van der Waals surface area contributed by atoms with Crippen LogP contribution in [0.3, 0.4) is 0 Å². The van der Waals surface area contributed by atoms with Crippen molar-refractivity contribution >= 4 is 16.8 Å². The molecular formula is C21H11F3N2O2. The SMILES string of the molecule is O=C1c2ccccc2-c2c1cccc2-c1nc2ccccc2n1OC(F)(F)F. The molecule has 0 bridgehead atoms. The summed E-state index contributed by atoms with van der Waals surface area (Å²) >= 11 is 0. The number of halogens is 3. The number of rotatable bonds is 2. The number of imidazole rings is 1. The number of benzene rings is 3. The first-order valence-corrected chi connectivity index (χ1v) is 8.45. The van der Waals surface area contributed by atoms with Gasteiger partial charge in [-0.1, -0.05) is 54.6 Å². The minimum Gasteiger partial charge on any atom is -0.311 e. The topological polar surface area (TPSA) is 44.1 Å². The average Bonchev–Trinajstić information content (AvgIpc) is 3.17. The highest BCUT2D eigenvalue weighted by Gasteiger charge is 2.36. The molecule has 1 aromatic heterocycles. The number of alkyl halides is 3. The van der Waals surface area contributed by atoms with Crippen LogP contribution in [0.15, 0.2) is 66.7 Å². The van der Waals surface area contributed by atoms with Crippen molar-refractivity contribution in [2.45, 2.75) is 6.36 Å². The molecule has 0 N–H and O–H groups in total. The Morgan fingerprint density at radius 3 is 2.21 bits per heavy atom. The Balaban J connectivity index is 1.83. The number of hydrogen-bond acceptors (Lipinski definition) is 3. The highest BCUT2D eigenvalue weighted by molar-refractivity contribution is 6.23. The highest BCUT2D eigenvalue weighted by atomic mass is 19.4. The monoisotopic (exact) mass is 380 g/mol. The second-order valence-corrected chi connectivity index (χ2v) is 6.36. The van der Waals surface area contributed by atoms with E-state index in [-0.39, 0.29) is 17.1 Å². The van der Waals surface area contributed by atoms with Gasteiger partial charge in [0.05, 0.1) is 5.52 Å². The number of carbonyl (C=O) groups excluding carboxylic acids is 1. The summed E-state index contributed by atoms with van der Waals surface area (Å²) in [4.78, 5) is 21.4. The molecule has 3 aromatic carbocycles. The van der Waals surface area contributed by atoms with Gasteiger partial charge in [-0.05, 0) is 17.7 Å². The molecule has 4 nitrogen and oxygen atoms in total. The van der Waals surface area contributed by atoms with E-state index in [9.17, 15) is 18.0 Å². The largest absolute Gasteiger partial charge is 0.591 e. The molecule has 0 fully saturated rings. The molecule has 28 heavy (non-hydrogen) atoms. The number of aromatic nitrogens is 2. The number of carbonyl (C=O) groups is 1. The van der Waals surface area contributed by atoms with Gasteiger partial charge in [0.1, 0.15) is 5.52 Å². The van der Waals surface area contributed by atoms with E-state index in [0.29, 0.717) is 38.1 Å². The quantitative estimate of drug-likeness (QED) is 0.439. The summed E-state index contributed by atoms with van der Waals surface area (Å²) in [5.74, 6) is -0.174. The lowest BCUT2D eigenvalue weighted by Gasteiger charge is -2.14. The zero-order valence-corrected chi connectivity index (χ0v) is 14.2. The number of hydrogen-bond donors (Lipinski definition) is 0. The normalized spacial score (nSPS) is 12.9. The predicted octanol–water partition coefficient (Wildman–Crippen LogP) is 4.86. The Kier molecular flexibility index (Phi) is 3.37. The highest BCUT2D eigenvalue weighted by Crippen LogP contribution is 2.43. The predicted molar refractivity (Wildman–Crippen MR) is 96.7 cm³/mol. The van der Waals surface area contributed by atoms with Crippen molar-refractivity contribution in [1.82, 2.24) is 9.71 Å². The van der Waals surface area contributed by atoms with Crippen molar-refractivity contribution in [3.63, 3.8) is 0 Å². The molecule has 0 amide bonds. The Morgan fingerprint density at radius 2 is 1.43 bits per heavy atom. The van der Waals surface area contributed by atoms with Crippen molar-refractivity contribution < 1.29 is 22.8 Å². The molecule has 1 heterocycles. The van der Waals surface area contributed by atoms with E-state index < -0.39 is 6.36 Å². The molecule has 0 radical (unpaired) electrons. The molecule has 0 aliphatic heterocycles. The van der Waals surface area contributed by atoms with Crippen molar-refractivity contribution in [2.24, 2.45) is 0 Å². The molecule has 5 rings (SSSR count). The van der Waals surface area contributed by atoms with Gasteiger partial charge in [-0.25, -0.2) is 4.98 Å². The Labute approximate surface area is 156 Å². The molecule has 4 aromatic rings. The fourth-order valence-corrected chi connectivity index (χ4v) is 3.63. The average molecular weight is 380 g/mol. The zero-order valence-electron chi connectivity index (χ0n) is 14.2. The Bertz CT molecular complexity index is 1260. The van der Waals surface area contributed by atoms with Gasteiger partial charge in [0.15, 0.2) is 11.6 Å². The van der Waals surface area contributed by atoms with Gasteiger partial charge in [-0.15, -0.1) is 13.2 Å². The summed E-state index contributed by atoms with van der Waals surface area (Å²) in [6.45, 7) is 0. The molecule has 0 saturated heterocycles. The summed E-state index contributed by atoms with van der Waals surface area (Å²) in [6, 6.07) is 18.4. The summed E-state index contributed by atoms with van der Waals surface area (Å²) < 4.78 is 40.0. The molecule has 7 heteroatoms. The fourth-order valence-electron chi connectivity index (χ4n) is 3.63. The maximum atomic E-state index is 13.1. The van der Waals surface area contributed by atoms with Crippen LogP contribution >= 0.6 is 0 Å². The van der Waals surface area contributed by atoms with Crippen LogP contribution in [0.5, 0.6) is 0 Å². The summed E-state index contributed by atoms with van der Waals surface area (Å²) in [6.07, 6.45) is -4.90. The van der Waals surface area contributed by atoms with E-state index in [0.717, 1.165) is 0 Å². The molecule has 0 spiro atoms. The van der Waals surface area contributed by atoms with Crippen LogP contribution in [-0.4, -0.2) is 21.9 Å². The van der Waals surface area contributed by atoms with Crippen molar-refractivity contribution in [1.29, 1.82) is 0 Å². The lowest BCUT2D eigenvalue weighted by Crippen LogP contribution is -2.27. The van der Waals surface area contributed by atoms with Crippen molar-refractivity contribution in [3.05, 3.63) is 77.9 Å². The molecule has 1 aliphatic rings. The molecule has 0 atom stereocenters. The molecule has 1 aliphatic carbocycles. The Hall–Kier alpha value is -3.61. The van der Waals surface area contributed by atoms with Crippen molar-refractivity contribution in [3.8, 4) is 22.5 Å².